The quantitative estimate of drug-likeness (QED) is 0.352. The molecule has 2 aromatic rings. The van der Waals surface area contributed by atoms with Crippen LogP contribution in [0.15, 0.2) is 36.5 Å². The fourth-order valence-electron chi connectivity index (χ4n) is 2.70. The van der Waals surface area contributed by atoms with Gasteiger partial charge in [0.2, 0.25) is 0 Å². The second kappa shape index (κ2) is 11.7. The summed E-state index contributed by atoms with van der Waals surface area (Å²) in [6.45, 7) is 2.12. The van der Waals surface area contributed by atoms with Gasteiger partial charge in [-0.25, -0.2) is 9.78 Å². The third-order valence-corrected chi connectivity index (χ3v) is 4.79. The number of imidazole rings is 1. The second-order valence-corrected chi connectivity index (χ2v) is 7.53. The lowest BCUT2D eigenvalue weighted by molar-refractivity contribution is -0.118. The standard InChI is InChI=1S/C20H26IN3O3/c1-2-16(25)11-7-4-8-12-17(19-22-13-18(21)24-19)23-20(26)27-14-15-9-5-3-6-10-15/h3,5-6,9-10,13,17H,2,4,7-8,11-12,14H2,1H3,(H,22,24)(H,23,26)/t17-/m0/s1. The maximum absolute atomic E-state index is 12.2. The molecule has 1 aromatic heterocycles. The number of nitrogens with one attached hydrogen (secondary N) is 2. The number of ketones is 1. The van der Waals surface area contributed by atoms with Crippen molar-refractivity contribution in [1.82, 2.24) is 15.3 Å². The molecule has 146 valence electrons. The summed E-state index contributed by atoms with van der Waals surface area (Å²) in [6.07, 6.45) is 5.97. The summed E-state index contributed by atoms with van der Waals surface area (Å²) in [7, 11) is 0. The molecule has 1 heterocycles. The van der Waals surface area contributed by atoms with E-state index in [4.69, 9.17) is 4.74 Å². The van der Waals surface area contributed by atoms with Crippen LogP contribution >= 0.6 is 22.6 Å². The van der Waals surface area contributed by atoms with Gasteiger partial charge in [0.25, 0.3) is 0 Å². The highest BCUT2D eigenvalue weighted by Crippen LogP contribution is 2.19. The molecule has 0 fully saturated rings. The van der Waals surface area contributed by atoms with E-state index in [9.17, 15) is 9.59 Å². The molecule has 0 aliphatic heterocycles. The molecule has 2 rings (SSSR count). The highest BCUT2D eigenvalue weighted by Gasteiger charge is 2.18. The van der Waals surface area contributed by atoms with Crippen LogP contribution in [0.3, 0.4) is 0 Å². The Kier molecular flexibility index (Phi) is 9.30. The maximum Gasteiger partial charge on any atom is 0.408 e. The Bertz CT molecular complexity index is 718. The predicted molar refractivity (Wildman–Crippen MR) is 112 cm³/mol. The zero-order chi connectivity index (χ0) is 19.5. The van der Waals surface area contributed by atoms with Gasteiger partial charge in [-0.2, -0.15) is 0 Å². The fourth-order valence-corrected chi connectivity index (χ4v) is 3.11. The molecule has 7 heteroatoms. The Hall–Kier alpha value is -1.90. The third kappa shape index (κ3) is 8.11. The first-order valence-electron chi connectivity index (χ1n) is 9.27. The van der Waals surface area contributed by atoms with Gasteiger partial charge in [0.15, 0.2) is 0 Å². The molecule has 27 heavy (non-hydrogen) atoms. The number of hydrogen-bond donors (Lipinski definition) is 2. The number of amides is 1. The zero-order valence-corrected chi connectivity index (χ0v) is 17.7. The molecule has 0 saturated heterocycles. The van der Waals surface area contributed by atoms with Crippen molar-refractivity contribution in [2.45, 2.75) is 58.1 Å². The average molecular weight is 483 g/mol. The van der Waals surface area contributed by atoms with E-state index in [1.165, 1.54) is 0 Å². The first-order valence-corrected chi connectivity index (χ1v) is 10.4. The molecule has 0 aliphatic carbocycles. The Balaban J connectivity index is 1.82. The van der Waals surface area contributed by atoms with Crippen molar-refractivity contribution in [2.75, 3.05) is 0 Å². The number of benzene rings is 1. The van der Waals surface area contributed by atoms with Crippen molar-refractivity contribution in [3.8, 4) is 0 Å². The molecular weight excluding hydrogens is 457 g/mol. The van der Waals surface area contributed by atoms with Crippen LogP contribution in [-0.2, 0) is 16.1 Å². The Labute approximate surface area is 173 Å². The molecule has 0 saturated carbocycles. The number of aromatic amines is 1. The number of H-pyrrole nitrogens is 1. The molecule has 1 atom stereocenters. The molecule has 0 bridgehead atoms. The SMILES string of the molecule is CCC(=O)CCCCC[C@H](NC(=O)OCc1ccccc1)c1ncc(I)[nH]1. The molecule has 0 aliphatic rings. The van der Waals surface area contributed by atoms with Crippen LogP contribution in [0, 0.1) is 3.70 Å². The highest BCUT2D eigenvalue weighted by molar-refractivity contribution is 14.1. The van der Waals surface area contributed by atoms with Crippen LogP contribution < -0.4 is 5.32 Å². The van der Waals surface area contributed by atoms with E-state index in [2.05, 4.69) is 37.9 Å². The van der Waals surface area contributed by atoms with Gasteiger partial charge >= 0.3 is 6.09 Å². The van der Waals surface area contributed by atoms with Crippen LogP contribution in [-0.4, -0.2) is 21.8 Å². The number of hydrogen-bond acceptors (Lipinski definition) is 4. The van der Waals surface area contributed by atoms with Crippen molar-refractivity contribution in [2.24, 2.45) is 0 Å². The first-order chi connectivity index (χ1) is 13.1. The summed E-state index contributed by atoms with van der Waals surface area (Å²) >= 11 is 2.15. The van der Waals surface area contributed by atoms with Gasteiger partial charge < -0.3 is 15.0 Å². The molecule has 1 amide bonds. The van der Waals surface area contributed by atoms with Crippen molar-refractivity contribution in [1.29, 1.82) is 0 Å². The minimum absolute atomic E-state index is 0.230. The van der Waals surface area contributed by atoms with Crippen LogP contribution in [0.4, 0.5) is 4.79 Å². The van der Waals surface area contributed by atoms with Crippen LogP contribution in [0.1, 0.15) is 62.9 Å². The Morgan fingerprint density at radius 1 is 1.22 bits per heavy atom. The van der Waals surface area contributed by atoms with Gasteiger partial charge in [-0.3, -0.25) is 4.79 Å². The summed E-state index contributed by atoms with van der Waals surface area (Å²) in [5, 5.41) is 2.90. The van der Waals surface area contributed by atoms with E-state index < -0.39 is 6.09 Å². The van der Waals surface area contributed by atoms with E-state index >= 15 is 0 Å². The number of halogens is 1. The monoisotopic (exact) mass is 483 g/mol. The van der Waals surface area contributed by atoms with E-state index in [0.717, 1.165) is 40.8 Å². The van der Waals surface area contributed by atoms with Crippen molar-refractivity contribution >= 4 is 34.5 Å². The van der Waals surface area contributed by atoms with Gasteiger partial charge in [0.1, 0.15) is 18.2 Å². The summed E-state index contributed by atoms with van der Waals surface area (Å²) < 4.78 is 6.24. The normalized spacial score (nSPS) is 11.8. The number of carbonyl (C=O) groups excluding carboxylic acids is 2. The van der Waals surface area contributed by atoms with Crippen LogP contribution in [0.25, 0.3) is 0 Å². The van der Waals surface area contributed by atoms with Crippen molar-refractivity contribution in [3.63, 3.8) is 0 Å². The molecule has 1 aromatic carbocycles. The molecule has 0 radical (unpaired) electrons. The number of Topliss-reactive ketones (excluding diaryl/α,β-unsaturated/α-hetero) is 1. The van der Waals surface area contributed by atoms with Gasteiger partial charge in [0.05, 0.1) is 15.9 Å². The minimum Gasteiger partial charge on any atom is -0.445 e. The summed E-state index contributed by atoms with van der Waals surface area (Å²) in [4.78, 5) is 31.1. The number of rotatable bonds is 11. The van der Waals surface area contributed by atoms with E-state index in [1.807, 2.05) is 37.3 Å². The third-order valence-electron chi connectivity index (χ3n) is 4.24. The topological polar surface area (TPSA) is 84.1 Å². The van der Waals surface area contributed by atoms with Crippen LogP contribution in [0.5, 0.6) is 0 Å². The Morgan fingerprint density at radius 3 is 2.67 bits per heavy atom. The number of ether oxygens (including phenoxy) is 1. The summed E-state index contributed by atoms with van der Waals surface area (Å²) in [5.74, 6) is 1.02. The summed E-state index contributed by atoms with van der Waals surface area (Å²) in [5.41, 5.74) is 0.942. The zero-order valence-electron chi connectivity index (χ0n) is 15.5. The fraction of sp³-hybridized carbons (Fsp3) is 0.450. The average Bonchev–Trinajstić information content (AvgIpc) is 3.12. The predicted octanol–water partition coefficient (Wildman–Crippen LogP) is 4.91. The minimum atomic E-state index is -0.462. The number of alkyl carbamates (subject to hydrolysis) is 1. The lowest BCUT2D eigenvalue weighted by atomic mass is 10.0. The van der Waals surface area contributed by atoms with Crippen LogP contribution in [0.2, 0.25) is 0 Å². The number of unbranched alkanes of at least 4 members (excludes halogenated alkanes) is 2. The number of carbonyl (C=O) groups is 2. The van der Waals surface area contributed by atoms with Crippen molar-refractivity contribution in [3.05, 3.63) is 51.6 Å². The van der Waals surface area contributed by atoms with Crippen molar-refractivity contribution < 1.29 is 14.3 Å². The molecule has 0 unspecified atom stereocenters. The van der Waals surface area contributed by atoms with Gasteiger partial charge in [-0.15, -0.1) is 0 Å². The number of aromatic nitrogens is 2. The Morgan fingerprint density at radius 2 is 2.00 bits per heavy atom. The van der Waals surface area contributed by atoms with E-state index in [1.54, 1.807) is 6.20 Å². The molecular formula is C20H26IN3O3. The molecule has 2 N–H and O–H groups in total. The second-order valence-electron chi connectivity index (χ2n) is 6.37. The van der Waals surface area contributed by atoms with Gasteiger partial charge in [-0.05, 0) is 41.0 Å². The lowest BCUT2D eigenvalue weighted by Crippen LogP contribution is -2.30. The lowest BCUT2D eigenvalue weighted by Gasteiger charge is -2.17. The number of nitrogens with zero attached hydrogens (tertiary/aromatic N) is 1. The molecule has 0 spiro atoms. The maximum atomic E-state index is 12.2. The van der Waals surface area contributed by atoms with E-state index in [-0.39, 0.29) is 12.6 Å². The van der Waals surface area contributed by atoms with Gasteiger partial charge in [-0.1, -0.05) is 50.1 Å². The van der Waals surface area contributed by atoms with Gasteiger partial charge in [0, 0.05) is 12.8 Å². The molecule has 6 nitrogen and oxygen atoms in total. The summed E-state index contributed by atoms with van der Waals surface area (Å²) in [6, 6.07) is 9.33. The smallest absolute Gasteiger partial charge is 0.408 e. The largest absolute Gasteiger partial charge is 0.445 e. The first kappa shape index (κ1) is 21.4. The van der Waals surface area contributed by atoms with E-state index in [0.29, 0.717) is 18.6 Å². The highest BCUT2D eigenvalue weighted by atomic mass is 127.